The van der Waals surface area contributed by atoms with E-state index in [9.17, 15) is 23.1 Å². The number of ether oxygens (including phenoxy) is 1. The highest BCUT2D eigenvalue weighted by Crippen LogP contribution is 2.40. The molecule has 0 saturated heterocycles. The third-order valence-electron chi connectivity index (χ3n) is 3.65. The first kappa shape index (κ1) is 20.5. The minimum absolute atomic E-state index is 0.340. The number of nitrogens with zero attached hydrogens (tertiary/aromatic N) is 2. The summed E-state index contributed by atoms with van der Waals surface area (Å²) < 4.78 is 47.3. The second-order valence-corrected chi connectivity index (χ2v) is 6.81. The van der Waals surface area contributed by atoms with Crippen LogP contribution in [0.25, 0.3) is 0 Å². The van der Waals surface area contributed by atoms with Crippen LogP contribution in [0.15, 0.2) is 36.7 Å². The van der Waals surface area contributed by atoms with Crippen LogP contribution < -0.4 is 10.1 Å². The van der Waals surface area contributed by atoms with E-state index in [0.29, 0.717) is 5.75 Å². The van der Waals surface area contributed by atoms with Gasteiger partial charge >= 0.3 is 6.18 Å². The van der Waals surface area contributed by atoms with Gasteiger partial charge in [0.2, 0.25) is 5.60 Å². The first-order valence-electron chi connectivity index (χ1n) is 7.55. The first-order chi connectivity index (χ1) is 12.1. The molecule has 0 radical (unpaired) electrons. The Kier molecular flexibility index (Phi) is 6.50. The molecule has 0 aliphatic carbocycles. The standard InChI is InChI=1S/C16H17F3IN3O3/c1-23-9-8-22-14(23)15(25,16(17,18)19)6-7-21-13(24)10-26-12-4-2-11(20)3-5-12/h2-5,8-9,25H,6-7,10H2,1H3,(H,21,24). The van der Waals surface area contributed by atoms with E-state index in [2.05, 4.69) is 32.9 Å². The number of halogens is 4. The predicted octanol–water partition coefficient (Wildman–Crippen LogP) is 2.36. The summed E-state index contributed by atoms with van der Waals surface area (Å²) in [5, 5.41) is 12.5. The maximum Gasteiger partial charge on any atom is 0.424 e. The zero-order valence-corrected chi connectivity index (χ0v) is 15.9. The molecule has 0 fully saturated rings. The molecule has 1 aromatic heterocycles. The number of alkyl halides is 3. The molecule has 142 valence electrons. The first-order valence-corrected chi connectivity index (χ1v) is 8.63. The number of aliphatic hydroxyl groups is 1. The lowest BCUT2D eigenvalue weighted by Gasteiger charge is -2.29. The van der Waals surface area contributed by atoms with Gasteiger partial charge in [0, 0.05) is 36.0 Å². The summed E-state index contributed by atoms with van der Waals surface area (Å²) in [6.07, 6.45) is -3.23. The molecule has 10 heteroatoms. The van der Waals surface area contributed by atoms with Gasteiger partial charge in [-0.3, -0.25) is 4.79 Å². The van der Waals surface area contributed by atoms with E-state index in [1.807, 2.05) is 0 Å². The summed E-state index contributed by atoms with van der Waals surface area (Å²) in [5.41, 5.74) is -3.16. The number of rotatable bonds is 7. The van der Waals surface area contributed by atoms with Crippen LogP contribution in [0.5, 0.6) is 5.75 Å². The largest absolute Gasteiger partial charge is 0.484 e. The minimum atomic E-state index is -4.94. The van der Waals surface area contributed by atoms with Crippen LogP contribution in [0.1, 0.15) is 12.2 Å². The SMILES string of the molecule is Cn1ccnc1C(O)(CCNC(=O)COc1ccc(I)cc1)C(F)(F)F. The lowest BCUT2D eigenvalue weighted by atomic mass is 9.97. The third-order valence-corrected chi connectivity index (χ3v) is 4.37. The van der Waals surface area contributed by atoms with Gasteiger partial charge in [-0.05, 0) is 46.9 Å². The number of aryl methyl sites for hydroxylation is 1. The summed E-state index contributed by atoms with van der Waals surface area (Å²) in [6, 6.07) is 6.95. The van der Waals surface area contributed by atoms with Crippen LogP contribution in [0.4, 0.5) is 13.2 Å². The Bertz CT molecular complexity index is 749. The second kappa shape index (κ2) is 8.25. The molecule has 26 heavy (non-hydrogen) atoms. The van der Waals surface area contributed by atoms with Gasteiger partial charge in [-0.25, -0.2) is 4.98 Å². The molecule has 6 nitrogen and oxygen atoms in total. The quantitative estimate of drug-likeness (QED) is 0.594. The average molecular weight is 483 g/mol. The molecule has 0 spiro atoms. The molecule has 0 saturated carbocycles. The number of hydrogen-bond acceptors (Lipinski definition) is 4. The highest BCUT2D eigenvalue weighted by atomic mass is 127. The summed E-state index contributed by atoms with van der Waals surface area (Å²) in [5.74, 6) is -0.650. The van der Waals surface area contributed by atoms with Crippen LogP contribution >= 0.6 is 22.6 Å². The number of nitrogens with one attached hydrogen (secondary N) is 1. The van der Waals surface area contributed by atoms with Crippen molar-refractivity contribution in [2.24, 2.45) is 7.05 Å². The predicted molar refractivity (Wildman–Crippen MR) is 95.4 cm³/mol. The van der Waals surface area contributed by atoms with E-state index < -0.39 is 36.5 Å². The molecule has 1 unspecified atom stereocenters. The molecule has 2 rings (SSSR count). The highest BCUT2D eigenvalue weighted by molar-refractivity contribution is 14.1. The summed E-state index contributed by atoms with van der Waals surface area (Å²) in [4.78, 5) is 15.3. The lowest BCUT2D eigenvalue weighted by Crippen LogP contribution is -2.47. The van der Waals surface area contributed by atoms with Crippen molar-refractivity contribution in [1.29, 1.82) is 0 Å². The van der Waals surface area contributed by atoms with Crippen molar-refractivity contribution in [3.8, 4) is 5.75 Å². The maximum atomic E-state index is 13.3. The Morgan fingerprint density at radius 3 is 2.54 bits per heavy atom. The maximum absolute atomic E-state index is 13.3. The second-order valence-electron chi connectivity index (χ2n) is 5.56. The molecule has 2 aromatic rings. The average Bonchev–Trinajstić information content (AvgIpc) is 2.99. The van der Waals surface area contributed by atoms with E-state index in [1.165, 1.54) is 19.4 Å². The number of amides is 1. The van der Waals surface area contributed by atoms with E-state index in [0.717, 1.165) is 8.14 Å². The smallest absolute Gasteiger partial charge is 0.424 e. The fraction of sp³-hybridized carbons (Fsp3) is 0.375. The zero-order valence-electron chi connectivity index (χ0n) is 13.8. The molecule has 1 amide bonds. The van der Waals surface area contributed by atoms with E-state index in [-0.39, 0.29) is 6.61 Å². The lowest BCUT2D eigenvalue weighted by molar-refractivity contribution is -0.272. The fourth-order valence-electron chi connectivity index (χ4n) is 2.26. The van der Waals surface area contributed by atoms with Crippen LogP contribution in [-0.2, 0) is 17.4 Å². The Morgan fingerprint density at radius 2 is 2.00 bits per heavy atom. The van der Waals surface area contributed by atoms with Gasteiger partial charge in [-0.15, -0.1) is 0 Å². The van der Waals surface area contributed by atoms with Crippen molar-refractivity contribution < 1.29 is 27.8 Å². The highest BCUT2D eigenvalue weighted by Gasteiger charge is 2.57. The normalized spacial score (nSPS) is 13.9. The topological polar surface area (TPSA) is 76.4 Å². The summed E-state index contributed by atoms with van der Waals surface area (Å²) in [7, 11) is 1.35. The van der Waals surface area contributed by atoms with E-state index in [1.54, 1.807) is 24.3 Å². The molecule has 0 aliphatic heterocycles. The van der Waals surface area contributed by atoms with Gasteiger partial charge in [0.25, 0.3) is 5.91 Å². The van der Waals surface area contributed by atoms with Crippen LogP contribution in [0.3, 0.4) is 0 Å². The van der Waals surface area contributed by atoms with Crippen molar-refractivity contribution in [3.05, 3.63) is 46.1 Å². The minimum Gasteiger partial charge on any atom is -0.484 e. The number of benzene rings is 1. The number of hydrogen-bond donors (Lipinski definition) is 2. The van der Waals surface area contributed by atoms with Gasteiger partial charge in [0.05, 0.1) is 0 Å². The van der Waals surface area contributed by atoms with Gasteiger partial charge in [0.1, 0.15) is 11.6 Å². The third kappa shape index (κ3) is 4.87. The van der Waals surface area contributed by atoms with Crippen molar-refractivity contribution in [3.63, 3.8) is 0 Å². The number of aromatic nitrogens is 2. The summed E-state index contributed by atoms with van der Waals surface area (Å²) >= 11 is 2.12. The Balaban J connectivity index is 1.90. The number of imidazole rings is 1. The summed E-state index contributed by atoms with van der Waals surface area (Å²) in [6.45, 7) is -0.731. The molecular weight excluding hydrogens is 466 g/mol. The number of carbonyl (C=O) groups is 1. The van der Waals surface area contributed by atoms with Crippen LogP contribution in [0.2, 0.25) is 0 Å². The van der Waals surface area contributed by atoms with Gasteiger partial charge in [-0.2, -0.15) is 13.2 Å². The zero-order chi connectivity index (χ0) is 19.4. The molecule has 0 aliphatic rings. The van der Waals surface area contributed by atoms with Crippen LogP contribution in [0, 0.1) is 3.57 Å². The van der Waals surface area contributed by atoms with Crippen LogP contribution in [-0.4, -0.2) is 39.9 Å². The van der Waals surface area contributed by atoms with Gasteiger partial charge in [-0.1, -0.05) is 0 Å². The van der Waals surface area contributed by atoms with Gasteiger partial charge < -0.3 is 19.7 Å². The Morgan fingerprint density at radius 1 is 1.35 bits per heavy atom. The van der Waals surface area contributed by atoms with Crippen molar-refractivity contribution in [1.82, 2.24) is 14.9 Å². The van der Waals surface area contributed by atoms with E-state index in [4.69, 9.17) is 4.74 Å². The molecule has 1 heterocycles. The fourth-order valence-corrected chi connectivity index (χ4v) is 2.62. The molecule has 1 atom stereocenters. The van der Waals surface area contributed by atoms with Gasteiger partial charge in [0.15, 0.2) is 6.61 Å². The molecular formula is C16H17F3IN3O3. The van der Waals surface area contributed by atoms with E-state index >= 15 is 0 Å². The van der Waals surface area contributed by atoms with Crippen molar-refractivity contribution >= 4 is 28.5 Å². The molecule has 0 bridgehead atoms. The molecule has 1 aromatic carbocycles. The number of carbonyl (C=O) groups excluding carboxylic acids is 1. The Labute approximate surface area is 161 Å². The van der Waals surface area contributed by atoms with Crippen molar-refractivity contribution in [2.75, 3.05) is 13.2 Å². The Hall–Kier alpha value is -1.82. The monoisotopic (exact) mass is 483 g/mol. The van der Waals surface area contributed by atoms with Crippen molar-refractivity contribution in [2.45, 2.75) is 18.2 Å². The molecule has 2 N–H and O–H groups in total.